The molecule has 2 N–H and O–H groups in total. The fourth-order valence-electron chi connectivity index (χ4n) is 1.48. The van der Waals surface area contributed by atoms with Crippen LogP contribution in [0.2, 0.25) is 0 Å². The highest BCUT2D eigenvalue weighted by molar-refractivity contribution is 8.03. The van der Waals surface area contributed by atoms with Crippen LogP contribution in [0.15, 0.2) is 46.0 Å². The van der Waals surface area contributed by atoms with Crippen molar-refractivity contribution in [2.24, 2.45) is 0 Å². The monoisotopic (exact) mass is 188 g/mol. The number of hydrogen-bond acceptors (Lipinski definition) is 3. The summed E-state index contributed by atoms with van der Waals surface area (Å²) in [6, 6.07) is 8.41. The van der Waals surface area contributed by atoms with Crippen molar-refractivity contribution >= 4 is 17.8 Å². The van der Waals surface area contributed by atoms with Gasteiger partial charge in [0.15, 0.2) is 0 Å². The summed E-state index contributed by atoms with van der Waals surface area (Å²) >= 11 is 1.80. The molecule has 0 saturated carbocycles. The lowest BCUT2D eigenvalue weighted by Crippen LogP contribution is -2.19. The lowest BCUT2D eigenvalue weighted by molar-refractivity contribution is 0.789. The van der Waals surface area contributed by atoms with Gasteiger partial charge in [0, 0.05) is 11.1 Å². The van der Waals surface area contributed by atoms with Crippen LogP contribution in [0.25, 0.3) is 6.08 Å². The molecule has 0 saturated heterocycles. The molecule has 0 atom stereocenters. The molecular formula is C10H8N2S. The summed E-state index contributed by atoms with van der Waals surface area (Å²) in [6.45, 7) is 0. The van der Waals surface area contributed by atoms with E-state index < -0.39 is 0 Å². The van der Waals surface area contributed by atoms with E-state index in [1.165, 1.54) is 21.1 Å². The normalized spacial score (nSPS) is 17.5. The van der Waals surface area contributed by atoms with Crippen LogP contribution in [0.4, 0.5) is 0 Å². The maximum Gasteiger partial charge on any atom is 0.0700 e. The van der Waals surface area contributed by atoms with E-state index in [9.17, 15) is 0 Å². The molecule has 1 aromatic carbocycles. The predicted octanol–water partition coefficient (Wildman–Crippen LogP) is 2.08. The van der Waals surface area contributed by atoms with Gasteiger partial charge in [0.25, 0.3) is 0 Å². The quantitative estimate of drug-likeness (QED) is 0.652. The summed E-state index contributed by atoms with van der Waals surface area (Å²) < 4.78 is 0. The minimum absolute atomic E-state index is 1.17. The van der Waals surface area contributed by atoms with Crippen molar-refractivity contribution in [3.05, 3.63) is 46.6 Å². The first-order valence-electron chi connectivity index (χ1n) is 4.14. The molecule has 3 heteroatoms. The molecule has 0 spiro atoms. The van der Waals surface area contributed by atoms with Gasteiger partial charge in [-0.15, -0.1) is 0 Å². The lowest BCUT2D eigenvalue weighted by Gasteiger charge is -2.13. The molecule has 0 radical (unpaired) electrons. The van der Waals surface area contributed by atoms with E-state index >= 15 is 0 Å². The van der Waals surface area contributed by atoms with Crippen molar-refractivity contribution < 1.29 is 0 Å². The topological polar surface area (TPSA) is 24.1 Å². The van der Waals surface area contributed by atoms with Crippen LogP contribution in [-0.2, 0) is 0 Å². The number of nitrogens with one attached hydrogen (secondary N) is 2. The third-order valence-electron chi connectivity index (χ3n) is 2.11. The molecule has 1 aromatic rings. The van der Waals surface area contributed by atoms with E-state index in [0.29, 0.717) is 0 Å². The van der Waals surface area contributed by atoms with Crippen LogP contribution < -0.4 is 10.9 Å². The maximum atomic E-state index is 3.10. The molecule has 0 bridgehead atoms. The summed E-state index contributed by atoms with van der Waals surface area (Å²) in [6.07, 6.45) is 4.16. The molecular weight excluding hydrogens is 180 g/mol. The number of fused-ring (bicyclic) bond motifs is 2. The van der Waals surface area contributed by atoms with E-state index in [0.717, 1.165) is 0 Å². The zero-order valence-corrected chi connectivity index (χ0v) is 7.69. The Hall–Kier alpha value is -1.35. The SMILES string of the molecule is C1=C2NNC=C2Sc2ccccc21. The highest BCUT2D eigenvalue weighted by Gasteiger charge is 2.18. The van der Waals surface area contributed by atoms with E-state index in [1.54, 1.807) is 11.8 Å². The van der Waals surface area contributed by atoms with Crippen LogP contribution in [0.3, 0.4) is 0 Å². The van der Waals surface area contributed by atoms with Gasteiger partial charge in [-0.1, -0.05) is 30.0 Å². The largest absolute Gasteiger partial charge is 0.307 e. The van der Waals surface area contributed by atoms with Gasteiger partial charge < -0.3 is 10.9 Å². The van der Waals surface area contributed by atoms with Crippen molar-refractivity contribution in [2.45, 2.75) is 4.90 Å². The standard InChI is InChI=1S/C10H8N2S/c1-2-4-9-7(3-1)5-8-10(13-9)6-11-12-8/h1-6,11-12H. The molecule has 2 heterocycles. The number of hydrogen-bond donors (Lipinski definition) is 2. The molecule has 64 valence electrons. The summed E-state index contributed by atoms with van der Waals surface area (Å²) in [5.74, 6) is 0. The van der Waals surface area contributed by atoms with Gasteiger partial charge in [0.1, 0.15) is 0 Å². The van der Waals surface area contributed by atoms with Gasteiger partial charge >= 0.3 is 0 Å². The molecule has 0 amide bonds. The van der Waals surface area contributed by atoms with E-state index in [2.05, 4.69) is 41.2 Å². The second-order valence-electron chi connectivity index (χ2n) is 2.98. The van der Waals surface area contributed by atoms with Crippen molar-refractivity contribution in [2.75, 3.05) is 0 Å². The number of thioether (sulfide) groups is 1. The van der Waals surface area contributed by atoms with E-state index in [4.69, 9.17) is 0 Å². The minimum Gasteiger partial charge on any atom is -0.307 e. The van der Waals surface area contributed by atoms with Crippen LogP contribution in [0.1, 0.15) is 5.56 Å². The smallest absolute Gasteiger partial charge is 0.0700 e. The van der Waals surface area contributed by atoms with Crippen LogP contribution in [-0.4, -0.2) is 0 Å². The summed E-state index contributed by atoms with van der Waals surface area (Å²) in [5.41, 5.74) is 8.55. The lowest BCUT2D eigenvalue weighted by atomic mass is 10.2. The van der Waals surface area contributed by atoms with Gasteiger partial charge in [-0.05, 0) is 17.7 Å². The van der Waals surface area contributed by atoms with Gasteiger partial charge in [-0.2, -0.15) is 0 Å². The Morgan fingerprint density at radius 2 is 2.08 bits per heavy atom. The minimum atomic E-state index is 1.17. The number of rotatable bonds is 0. The Labute approximate surface area is 80.7 Å². The van der Waals surface area contributed by atoms with Crippen LogP contribution in [0, 0.1) is 0 Å². The van der Waals surface area contributed by atoms with Gasteiger partial charge in [0.05, 0.1) is 10.6 Å². The summed E-state index contributed by atoms with van der Waals surface area (Å²) in [7, 11) is 0. The predicted molar refractivity (Wildman–Crippen MR) is 54.6 cm³/mol. The fourth-order valence-corrected chi connectivity index (χ4v) is 2.44. The Kier molecular flexibility index (Phi) is 1.40. The maximum absolute atomic E-state index is 3.10. The second kappa shape index (κ2) is 2.57. The Morgan fingerprint density at radius 1 is 1.15 bits per heavy atom. The van der Waals surface area contributed by atoms with Crippen molar-refractivity contribution in [1.29, 1.82) is 0 Å². The first kappa shape index (κ1) is 7.09. The zero-order chi connectivity index (χ0) is 8.67. The second-order valence-corrected chi connectivity index (χ2v) is 4.06. The Bertz CT molecular complexity index is 421. The highest BCUT2D eigenvalue weighted by Crippen LogP contribution is 2.39. The first-order valence-corrected chi connectivity index (χ1v) is 4.96. The third-order valence-corrected chi connectivity index (χ3v) is 3.26. The summed E-state index contributed by atoms with van der Waals surface area (Å²) in [5, 5.41) is 0. The van der Waals surface area contributed by atoms with E-state index in [1.807, 2.05) is 6.20 Å². The molecule has 2 aliphatic rings. The van der Waals surface area contributed by atoms with Crippen molar-refractivity contribution in [3.63, 3.8) is 0 Å². The van der Waals surface area contributed by atoms with Gasteiger partial charge in [-0.25, -0.2) is 0 Å². The van der Waals surface area contributed by atoms with Gasteiger partial charge in [0.2, 0.25) is 0 Å². The molecule has 3 rings (SSSR count). The Balaban J connectivity index is 2.18. The molecule has 0 unspecified atom stereocenters. The Morgan fingerprint density at radius 3 is 3.08 bits per heavy atom. The molecule has 2 nitrogen and oxygen atoms in total. The zero-order valence-electron chi connectivity index (χ0n) is 6.87. The van der Waals surface area contributed by atoms with Crippen molar-refractivity contribution in [1.82, 2.24) is 10.9 Å². The van der Waals surface area contributed by atoms with Crippen LogP contribution in [0.5, 0.6) is 0 Å². The average Bonchev–Trinajstić information content (AvgIpc) is 2.61. The van der Waals surface area contributed by atoms with Gasteiger partial charge in [-0.3, -0.25) is 0 Å². The number of benzene rings is 1. The molecule has 0 aliphatic carbocycles. The molecule has 2 aliphatic heterocycles. The third kappa shape index (κ3) is 1.04. The van der Waals surface area contributed by atoms with Crippen LogP contribution >= 0.6 is 11.8 Å². The van der Waals surface area contributed by atoms with Crippen molar-refractivity contribution in [3.8, 4) is 0 Å². The first-order chi connectivity index (χ1) is 6.43. The average molecular weight is 188 g/mol. The summed E-state index contributed by atoms with van der Waals surface area (Å²) in [4.78, 5) is 2.58. The number of hydrazine groups is 1. The highest BCUT2D eigenvalue weighted by atomic mass is 32.2. The molecule has 0 aromatic heterocycles. The molecule has 0 fully saturated rings. The van der Waals surface area contributed by atoms with E-state index in [-0.39, 0.29) is 0 Å². The fraction of sp³-hybridized carbons (Fsp3) is 0. The molecule has 13 heavy (non-hydrogen) atoms.